The van der Waals surface area contributed by atoms with Gasteiger partial charge in [0.05, 0.1) is 18.5 Å². The summed E-state index contributed by atoms with van der Waals surface area (Å²) in [6.07, 6.45) is 8.40. The lowest BCUT2D eigenvalue weighted by atomic mass is 9.98. The van der Waals surface area contributed by atoms with Crippen LogP contribution in [0.3, 0.4) is 0 Å². The van der Waals surface area contributed by atoms with Gasteiger partial charge in [-0.1, -0.05) is 12.1 Å². The number of urea groups is 1. The van der Waals surface area contributed by atoms with E-state index in [2.05, 4.69) is 25.8 Å². The van der Waals surface area contributed by atoms with Crippen LogP contribution in [0.5, 0.6) is 5.88 Å². The highest BCUT2D eigenvalue weighted by Gasteiger charge is 2.25. The molecule has 3 aromatic rings. The molecule has 0 radical (unpaired) electrons. The molecule has 0 saturated carbocycles. The molecule has 2 aliphatic rings. The summed E-state index contributed by atoms with van der Waals surface area (Å²) in [7, 11) is -3.52. The third-order valence-corrected chi connectivity index (χ3v) is 6.90. The Morgan fingerprint density at radius 2 is 2.03 bits per heavy atom. The quantitative estimate of drug-likeness (QED) is 0.650. The molecule has 9 nitrogen and oxygen atoms in total. The number of rotatable bonds is 3. The molecule has 1 unspecified atom stereocenters. The molecule has 2 aromatic heterocycles. The molecule has 31 heavy (non-hydrogen) atoms. The molecule has 10 heteroatoms. The summed E-state index contributed by atoms with van der Waals surface area (Å²) >= 11 is 0. The van der Waals surface area contributed by atoms with E-state index in [-0.39, 0.29) is 4.90 Å². The van der Waals surface area contributed by atoms with Gasteiger partial charge in [-0.15, -0.1) is 4.36 Å². The van der Waals surface area contributed by atoms with E-state index in [1.807, 2.05) is 18.2 Å². The fraction of sp³-hybridized carbons (Fsp3) is 0.286. The first-order valence-electron chi connectivity index (χ1n) is 10.1. The Bertz CT molecular complexity index is 1280. The van der Waals surface area contributed by atoms with Crippen LogP contribution in [0.15, 0.2) is 52.1 Å². The number of carbonyl (C=O) groups excluding carboxylic acids is 1. The van der Waals surface area contributed by atoms with Crippen molar-refractivity contribution in [2.24, 2.45) is 9.50 Å². The highest BCUT2D eigenvalue weighted by molar-refractivity contribution is 7.91. The number of hydrogen-bond acceptors (Lipinski definition) is 5. The van der Waals surface area contributed by atoms with Crippen LogP contribution in [0, 0.1) is 0 Å². The Kier molecular flexibility index (Phi) is 4.95. The zero-order valence-electron chi connectivity index (χ0n) is 16.8. The van der Waals surface area contributed by atoms with Crippen molar-refractivity contribution in [2.75, 3.05) is 11.9 Å². The molecule has 5 rings (SSSR count). The van der Waals surface area contributed by atoms with Crippen molar-refractivity contribution in [3.8, 4) is 17.0 Å². The van der Waals surface area contributed by atoms with E-state index < -0.39 is 15.9 Å². The molecule has 1 aliphatic carbocycles. The summed E-state index contributed by atoms with van der Waals surface area (Å²) in [6, 6.07) is 7.07. The predicted molar refractivity (Wildman–Crippen MR) is 116 cm³/mol. The molecule has 3 heterocycles. The molecule has 0 bridgehead atoms. The van der Waals surface area contributed by atoms with Crippen LogP contribution in [0.2, 0.25) is 0 Å². The lowest BCUT2D eigenvalue weighted by Crippen LogP contribution is -2.21. The average molecular weight is 439 g/mol. The third-order valence-electron chi connectivity index (χ3n) is 5.55. The van der Waals surface area contributed by atoms with Gasteiger partial charge in [0.2, 0.25) is 5.88 Å². The molecular formula is C21H22N6O3S. The Hall–Kier alpha value is -3.24. The first-order valence-corrected chi connectivity index (χ1v) is 11.7. The normalized spacial score (nSPS) is 16.5. The van der Waals surface area contributed by atoms with E-state index in [0.717, 1.165) is 42.4 Å². The van der Waals surface area contributed by atoms with Crippen LogP contribution in [0.4, 0.5) is 10.5 Å². The van der Waals surface area contributed by atoms with E-state index in [1.165, 1.54) is 11.8 Å². The summed E-state index contributed by atoms with van der Waals surface area (Å²) in [4.78, 5) is 17.1. The average Bonchev–Trinajstić information content (AvgIpc) is 3.42. The van der Waals surface area contributed by atoms with Gasteiger partial charge in [-0.3, -0.25) is 4.98 Å². The molecule has 1 atom stereocenters. The molecule has 160 valence electrons. The molecule has 0 saturated heterocycles. The minimum absolute atomic E-state index is 0.134. The number of benzene rings is 1. The minimum atomic E-state index is -3.52. The highest BCUT2D eigenvalue weighted by atomic mass is 32.2. The highest BCUT2D eigenvalue weighted by Crippen LogP contribution is 2.37. The number of hydrogen-bond donors (Lipinski definition) is 2. The maximum absolute atomic E-state index is 13.1. The van der Waals surface area contributed by atoms with Gasteiger partial charge in [0, 0.05) is 30.9 Å². The van der Waals surface area contributed by atoms with Crippen molar-refractivity contribution >= 4 is 21.6 Å². The van der Waals surface area contributed by atoms with Crippen molar-refractivity contribution in [2.45, 2.75) is 37.1 Å². The van der Waals surface area contributed by atoms with E-state index in [0.29, 0.717) is 24.7 Å². The summed E-state index contributed by atoms with van der Waals surface area (Å²) in [5, 5.41) is 13.0. The molecule has 0 spiro atoms. The van der Waals surface area contributed by atoms with Crippen molar-refractivity contribution in [1.29, 1.82) is 0 Å². The number of nitrogens with one attached hydrogen (secondary N) is 1. The van der Waals surface area contributed by atoms with E-state index in [9.17, 15) is 9.00 Å². The number of aryl methyl sites for hydroxylation is 2. The lowest BCUT2D eigenvalue weighted by Gasteiger charge is -2.17. The van der Waals surface area contributed by atoms with Crippen LogP contribution < -0.4 is 15.2 Å². The second-order valence-electron chi connectivity index (χ2n) is 7.54. The van der Waals surface area contributed by atoms with Gasteiger partial charge in [0.15, 0.2) is 9.92 Å². The Balaban J connectivity index is 1.52. The Morgan fingerprint density at radius 1 is 1.19 bits per heavy atom. The van der Waals surface area contributed by atoms with E-state index >= 15 is 0 Å². The smallest absolute Gasteiger partial charge is 0.354 e. The number of nitrogens with zero attached hydrogens (tertiary/aromatic N) is 4. The topological polar surface area (TPSA) is 124 Å². The van der Waals surface area contributed by atoms with Crippen LogP contribution in [0.25, 0.3) is 11.1 Å². The standard InChI is InChI=1S/C21H22N6O3S/c22-31(29,18-13-24-27-11-2-12-30-20(18)27)26-21(28)25-19-16-4-1-3-14(16)5-6-17(19)15-7-9-23-10-8-15/h5-10,13H,1-4,11-12H2,(H3,22,25,26,28,29). The Labute approximate surface area is 179 Å². The lowest BCUT2D eigenvalue weighted by molar-refractivity contribution is 0.224. The number of pyridine rings is 1. The van der Waals surface area contributed by atoms with Gasteiger partial charge >= 0.3 is 6.03 Å². The fourth-order valence-corrected chi connectivity index (χ4v) is 5.13. The summed E-state index contributed by atoms with van der Waals surface area (Å²) < 4.78 is 24.1. The van der Waals surface area contributed by atoms with Crippen LogP contribution in [-0.2, 0) is 29.3 Å². The SMILES string of the molecule is NS(=O)(=NC(=O)Nc1c(-c2ccncc2)ccc2c1CCC2)c1cnn2c1OCCC2. The molecule has 1 aromatic carbocycles. The second-order valence-corrected chi connectivity index (χ2v) is 9.30. The number of anilines is 1. The number of nitrogens with two attached hydrogens (primary N) is 1. The maximum atomic E-state index is 13.1. The Morgan fingerprint density at radius 3 is 2.87 bits per heavy atom. The van der Waals surface area contributed by atoms with Crippen molar-refractivity contribution in [1.82, 2.24) is 14.8 Å². The number of aromatic nitrogens is 3. The van der Waals surface area contributed by atoms with Crippen molar-refractivity contribution in [3.63, 3.8) is 0 Å². The van der Waals surface area contributed by atoms with Gasteiger partial charge in [0.1, 0.15) is 4.90 Å². The number of ether oxygens (including phenoxy) is 1. The number of carbonyl (C=O) groups is 1. The van der Waals surface area contributed by atoms with E-state index in [4.69, 9.17) is 9.88 Å². The molecule has 1 aliphatic heterocycles. The van der Waals surface area contributed by atoms with Gasteiger partial charge in [0.25, 0.3) is 0 Å². The maximum Gasteiger partial charge on any atom is 0.354 e. The molecular weight excluding hydrogens is 416 g/mol. The summed E-state index contributed by atoms with van der Waals surface area (Å²) in [5.74, 6) is 0.313. The monoisotopic (exact) mass is 438 g/mol. The molecule has 2 amide bonds. The zero-order chi connectivity index (χ0) is 21.4. The predicted octanol–water partition coefficient (Wildman–Crippen LogP) is 3.15. The van der Waals surface area contributed by atoms with Crippen molar-refractivity contribution < 1.29 is 13.7 Å². The fourth-order valence-electron chi connectivity index (χ4n) is 4.13. The van der Waals surface area contributed by atoms with Crippen LogP contribution >= 0.6 is 0 Å². The molecule has 3 N–H and O–H groups in total. The van der Waals surface area contributed by atoms with Crippen molar-refractivity contribution in [3.05, 3.63) is 54.0 Å². The van der Waals surface area contributed by atoms with Gasteiger partial charge in [-0.25, -0.2) is 18.8 Å². The zero-order valence-corrected chi connectivity index (χ0v) is 17.6. The summed E-state index contributed by atoms with van der Waals surface area (Å²) in [6.45, 7) is 1.12. The first-order chi connectivity index (χ1) is 15.0. The van der Waals surface area contributed by atoms with E-state index in [1.54, 1.807) is 17.1 Å². The van der Waals surface area contributed by atoms with Gasteiger partial charge in [-0.2, -0.15) is 5.10 Å². The first kappa shape index (κ1) is 19.7. The van der Waals surface area contributed by atoms with Crippen LogP contribution in [0.1, 0.15) is 24.0 Å². The van der Waals surface area contributed by atoms with Gasteiger partial charge in [-0.05, 0) is 48.1 Å². The third kappa shape index (κ3) is 3.68. The second kappa shape index (κ2) is 7.78. The van der Waals surface area contributed by atoms with Gasteiger partial charge < -0.3 is 10.1 Å². The molecule has 0 fully saturated rings. The number of fused-ring (bicyclic) bond motifs is 2. The minimum Gasteiger partial charge on any atom is -0.477 e. The largest absolute Gasteiger partial charge is 0.477 e. The number of amides is 2. The van der Waals surface area contributed by atoms with Crippen LogP contribution in [-0.4, -0.2) is 31.6 Å². The summed E-state index contributed by atoms with van der Waals surface area (Å²) in [5.41, 5.74) is 4.74.